The topological polar surface area (TPSA) is 96.2 Å². The molecule has 2 rings (SSSR count). The second-order valence-electron chi connectivity index (χ2n) is 5.23. The Balaban J connectivity index is 0.00000264. The second-order valence-corrected chi connectivity index (χ2v) is 6.22. The lowest BCUT2D eigenvalue weighted by Crippen LogP contribution is -2.46. The van der Waals surface area contributed by atoms with Crippen LogP contribution in [0.5, 0.6) is 0 Å². The first-order valence-corrected chi connectivity index (χ1v) is 8.72. The molecule has 1 atom stereocenters. The predicted octanol–water partition coefficient (Wildman–Crippen LogP) is 2.19. The fourth-order valence-corrected chi connectivity index (χ4v) is 2.93. The van der Waals surface area contributed by atoms with E-state index in [2.05, 4.69) is 16.0 Å². The van der Waals surface area contributed by atoms with Crippen molar-refractivity contribution in [2.45, 2.75) is 25.3 Å². The van der Waals surface area contributed by atoms with Crippen molar-refractivity contribution in [2.75, 3.05) is 29.2 Å². The summed E-state index contributed by atoms with van der Waals surface area (Å²) in [6.45, 7) is 0.984. The molecular weight excluding hydrogens is 336 g/mol. The van der Waals surface area contributed by atoms with Crippen LogP contribution in [0, 0.1) is 0 Å². The first kappa shape index (κ1) is 19.4. The first-order chi connectivity index (χ1) is 10.6. The summed E-state index contributed by atoms with van der Waals surface area (Å²) in [7, 11) is 0. The fraction of sp³-hybridized carbons (Fsp3) is 0.467. The Kier molecular flexibility index (Phi) is 8.05. The number of carbonyl (C=O) groups is 2. The summed E-state index contributed by atoms with van der Waals surface area (Å²) in [4.78, 5) is 23.4. The number of halogens is 1. The van der Waals surface area contributed by atoms with Gasteiger partial charge < -0.3 is 21.7 Å². The number of urea groups is 1. The zero-order valence-electron chi connectivity index (χ0n) is 13.1. The van der Waals surface area contributed by atoms with Crippen LogP contribution in [0.1, 0.15) is 18.4 Å². The highest BCUT2D eigenvalue weighted by Crippen LogP contribution is 2.25. The highest BCUT2D eigenvalue weighted by Gasteiger charge is 2.20. The lowest BCUT2D eigenvalue weighted by atomic mass is 10.0. The summed E-state index contributed by atoms with van der Waals surface area (Å²) in [5.41, 5.74) is 8.21. The fourth-order valence-electron chi connectivity index (χ4n) is 2.46. The van der Waals surface area contributed by atoms with Gasteiger partial charge in [0.15, 0.2) is 0 Å². The molecular formula is C15H23ClN4O2S. The van der Waals surface area contributed by atoms with Crippen molar-refractivity contribution in [3.05, 3.63) is 23.8 Å². The van der Waals surface area contributed by atoms with Crippen LogP contribution < -0.4 is 21.7 Å². The zero-order valence-corrected chi connectivity index (χ0v) is 14.7. The predicted molar refractivity (Wildman–Crippen MR) is 98.6 cm³/mol. The molecule has 0 radical (unpaired) electrons. The summed E-state index contributed by atoms with van der Waals surface area (Å²) in [6.07, 6.45) is 4.59. The van der Waals surface area contributed by atoms with Crippen molar-refractivity contribution in [3.63, 3.8) is 0 Å². The van der Waals surface area contributed by atoms with Crippen LogP contribution in [-0.4, -0.2) is 36.5 Å². The van der Waals surface area contributed by atoms with E-state index >= 15 is 0 Å². The maximum atomic E-state index is 12.3. The highest BCUT2D eigenvalue weighted by molar-refractivity contribution is 7.98. The van der Waals surface area contributed by atoms with Crippen molar-refractivity contribution in [1.82, 2.24) is 5.32 Å². The molecule has 1 aromatic rings. The van der Waals surface area contributed by atoms with Gasteiger partial charge in [-0.3, -0.25) is 4.79 Å². The van der Waals surface area contributed by atoms with E-state index in [1.165, 1.54) is 5.56 Å². The SMILES string of the molecule is CSCCC(NC(N)=O)C(=O)Nc1ccc2c(c1)CCCN2.Cl. The number of rotatable bonds is 6. The maximum Gasteiger partial charge on any atom is 0.312 e. The highest BCUT2D eigenvalue weighted by atomic mass is 35.5. The summed E-state index contributed by atoms with van der Waals surface area (Å²) in [5, 5.41) is 8.69. The van der Waals surface area contributed by atoms with Crippen LogP contribution in [0.4, 0.5) is 16.2 Å². The number of hydrogen-bond acceptors (Lipinski definition) is 4. The molecule has 1 aromatic carbocycles. The average molecular weight is 359 g/mol. The molecule has 128 valence electrons. The largest absolute Gasteiger partial charge is 0.385 e. The minimum Gasteiger partial charge on any atom is -0.385 e. The Morgan fingerprint density at radius 2 is 2.22 bits per heavy atom. The van der Waals surface area contributed by atoms with E-state index in [1.54, 1.807) is 11.8 Å². The van der Waals surface area contributed by atoms with E-state index in [1.807, 2.05) is 24.5 Å². The standard InChI is InChI=1S/C15H22N4O2S.ClH/c1-22-8-6-13(19-15(16)21)14(20)18-11-4-5-12-10(9-11)3-2-7-17-12;/h4-5,9,13,17H,2-3,6-8H2,1H3,(H,18,20)(H3,16,19,21);1H. The third-order valence-electron chi connectivity index (χ3n) is 3.55. The van der Waals surface area contributed by atoms with E-state index in [0.29, 0.717) is 6.42 Å². The first-order valence-electron chi connectivity index (χ1n) is 7.32. The van der Waals surface area contributed by atoms with Crippen molar-refractivity contribution < 1.29 is 9.59 Å². The van der Waals surface area contributed by atoms with E-state index in [4.69, 9.17) is 5.73 Å². The molecule has 23 heavy (non-hydrogen) atoms. The van der Waals surface area contributed by atoms with Crippen LogP contribution in [0.2, 0.25) is 0 Å². The molecule has 0 aromatic heterocycles. The minimum atomic E-state index is -0.684. The van der Waals surface area contributed by atoms with Crippen molar-refractivity contribution in [2.24, 2.45) is 5.73 Å². The molecule has 1 heterocycles. The molecule has 0 saturated carbocycles. The number of aryl methyl sites for hydroxylation is 1. The molecule has 0 spiro atoms. The third kappa shape index (κ3) is 5.84. The molecule has 1 unspecified atom stereocenters. The summed E-state index contributed by atoms with van der Waals surface area (Å²) in [6, 6.07) is 4.53. The van der Waals surface area contributed by atoms with Crippen molar-refractivity contribution in [3.8, 4) is 0 Å². The smallest absolute Gasteiger partial charge is 0.312 e. The van der Waals surface area contributed by atoms with Crippen molar-refractivity contribution in [1.29, 1.82) is 0 Å². The van der Waals surface area contributed by atoms with Crippen LogP contribution in [-0.2, 0) is 11.2 Å². The van der Waals surface area contributed by atoms with Gasteiger partial charge in [-0.15, -0.1) is 12.4 Å². The number of primary amides is 1. The van der Waals surface area contributed by atoms with E-state index < -0.39 is 12.1 Å². The van der Waals surface area contributed by atoms with Crippen LogP contribution in [0.3, 0.4) is 0 Å². The van der Waals surface area contributed by atoms with E-state index in [0.717, 1.165) is 36.5 Å². The van der Waals surface area contributed by atoms with Gasteiger partial charge in [0.25, 0.3) is 0 Å². The van der Waals surface area contributed by atoms with Gasteiger partial charge in [0.05, 0.1) is 0 Å². The van der Waals surface area contributed by atoms with E-state index in [9.17, 15) is 9.59 Å². The third-order valence-corrected chi connectivity index (χ3v) is 4.20. The summed E-state index contributed by atoms with van der Waals surface area (Å²) < 4.78 is 0. The normalized spacial score (nSPS) is 13.8. The average Bonchev–Trinajstić information content (AvgIpc) is 2.51. The molecule has 1 aliphatic rings. The molecule has 1 aliphatic heterocycles. The lowest BCUT2D eigenvalue weighted by Gasteiger charge is -2.20. The van der Waals surface area contributed by atoms with Gasteiger partial charge in [-0.1, -0.05) is 0 Å². The Morgan fingerprint density at radius 1 is 1.43 bits per heavy atom. The Hall–Kier alpha value is -1.60. The Labute approximate surface area is 146 Å². The number of hydrogen-bond donors (Lipinski definition) is 4. The molecule has 6 nitrogen and oxygen atoms in total. The quantitative estimate of drug-likeness (QED) is 0.626. The van der Waals surface area contributed by atoms with Gasteiger partial charge in [0.2, 0.25) is 5.91 Å². The van der Waals surface area contributed by atoms with Crippen LogP contribution in [0.25, 0.3) is 0 Å². The zero-order chi connectivity index (χ0) is 15.9. The summed E-state index contributed by atoms with van der Waals surface area (Å²) >= 11 is 1.62. The summed E-state index contributed by atoms with van der Waals surface area (Å²) in [5.74, 6) is 0.531. The monoisotopic (exact) mass is 358 g/mol. The molecule has 8 heteroatoms. The van der Waals surface area contributed by atoms with E-state index in [-0.39, 0.29) is 18.3 Å². The number of nitrogens with one attached hydrogen (secondary N) is 3. The number of anilines is 2. The van der Waals surface area contributed by atoms with Gasteiger partial charge >= 0.3 is 6.03 Å². The number of fused-ring (bicyclic) bond motifs is 1. The maximum absolute atomic E-state index is 12.3. The molecule has 0 fully saturated rings. The molecule has 3 amide bonds. The van der Waals surface area contributed by atoms with Gasteiger partial charge in [-0.05, 0) is 55.0 Å². The van der Waals surface area contributed by atoms with Crippen LogP contribution >= 0.6 is 24.2 Å². The molecule has 0 saturated heterocycles. The van der Waals surface area contributed by atoms with Gasteiger partial charge in [0.1, 0.15) is 6.04 Å². The second kappa shape index (κ2) is 9.52. The number of amides is 3. The van der Waals surface area contributed by atoms with Gasteiger partial charge in [-0.2, -0.15) is 11.8 Å². The molecule has 0 aliphatic carbocycles. The van der Waals surface area contributed by atoms with Gasteiger partial charge in [0, 0.05) is 17.9 Å². The number of carbonyl (C=O) groups excluding carboxylic acids is 2. The minimum absolute atomic E-state index is 0. The lowest BCUT2D eigenvalue weighted by molar-refractivity contribution is -0.117. The van der Waals surface area contributed by atoms with Crippen LogP contribution in [0.15, 0.2) is 18.2 Å². The number of nitrogens with two attached hydrogens (primary N) is 1. The Bertz CT molecular complexity index is 556. The molecule has 0 bridgehead atoms. The number of benzene rings is 1. The Morgan fingerprint density at radius 3 is 2.91 bits per heavy atom. The van der Waals surface area contributed by atoms with Gasteiger partial charge in [-0.25, -0.2) is 4.79 Å². The number of thioether (sulfide) groups is 1. The molecule has 5 N–H and O–H groups in total. The van der Waals surface area contributed by atoms with Crippen molar-refractivity contribution >= 4 is 47.5 Å².